The molecule has 17 heavy (non-hydrogen) atoms. The van der Waals surface area contributed by atoms with Gasteiger partial charge >= 0.3 is 0 Å². The first kappa shape index (κ1) is 11.9. The quantitative estimate of drug-likeness (QED) is 0.779. The molecular weight excluding hydrogens is 236 g/mol. The minimum atomic E-state index is 0.560. The summed E-state index contributed by atoms with van der Waals surface area (Å²) in [5.41, 5.74) is 1.44. The second-order valence-corrected chi connectivity index (χ2v) is 4.20. The highest BCUT2D eigenvalue weighted by Gasteiger charge is 2.08. The second-order valence-electron chi connectivity index (χ2n) is 3.79. The van der Waals surface area contributed by atoms with Gasteiger partial charge in [-0.25, -0.2) is 4.98 Å². The topological polar surface area (TPSA) is 34.9 Å². The van der Waals surface area contributed by atoms with E-state index in [2.05, 4.69) is 11.9 Å². The van der Waals surface area contributed by atoms with Gasteiger partial charge in [0.15, 0.2) is 0 Å². The van der Waals surface area contributed by atoms with E-state index in [1.54, 1.807) is 18.3 Å². The van der Waals surface area contributed by atoms with Gasteiger partial charge < -0.3 is 4.57 Å². The van der Waals surface area contributed by atoms with Crippen molar-refractivity contribution >= 4 is 17.9 Å². The number of nitrogens with zero attached hydrogens (tertiary/aromatic N) is 2. The van der Waals surface area contributed by atoms with Gasteiger partial charge in [0.1, 0.15) is 12.1 Å². The lowest BCUT2D eigenvalue weighted by atomic mass is 10.2. The Morgan fingerprint density at radius 2 is 2.29 bits per heavy atom. The molecule has 0 aliphatic carbocycles. The number of hydrogen-bond donors (Lipinski definition) is 0. The third kappa shape index (κ3) is 2.39. The maximum atomic E-state index is 10.6. The molecule has 0 radical (unpaired) electrons. The summed E-state index contributed by atoms with van der Waals surface area (Å²) in [6, 6.07) is 5.26. The van der Waals surface area contributed by atoms with Crippen LogP contribution in [0.5, 0.6) is 0 Å². The average Bonchev–Trinajstić information content (AvgIpc) is 2.77. The summed E-state index contributed by atoms with van der Waals surface area (Å²) in [6.07, 6.45) is 6.36. The highest BCUT2D eigenvalue weighted by atomic mass is 35.5. The molecule has 2 rings (SSSR count). The van der Waals surface area contributed by atoms with E-state index in [1.165, 1.54) is 0 Å². The molecule has 0 aliphatic rings. The van der Waals surface area contributed by atoms with Gasteiger partial charge in [-0.3, -0.25) is 4.79 Å². The summed E-state index contributed by atoms with van der Waals surface area (Å²) < 4.78 is 1.96. The fourth-order valence-corrected chi connectivity index (χ4v) is 2.03. The van der Waals surface area contributed by atoms with Crippen LogP contribution in [0.3, 0.4) is 0 Å². The SMILES string of the molecule is CCCc1nccn1-c1ccc(C=O)cc1Cl. The molecule has 0 N–H and O–H groups in total. The van der Waals surface area contributed by atoms with E-state index in [4.69, 9.17) is 11.6 Å². The van der Waals surface area contributed by atoms with E-state index < -0.39 is 0 Å². The predicted octanol–water partition coefficient (Wildman–Crippen LogP) is 3.29. The summed E-state index contributed by atoms with van der Waals surface area (Å²) in [5.74, 6) is 0.980. The molecular formula is C13H13ClN2O. The molecule has 0 atom stereocenters. The van der Waals surface area contributed by atoms with E-state index in [0.29, 0.717) is 10.6 Å². The Hall–Kier alpha value is -1.61. The van der Waals surface area contributed by atoms with Crippen LogP contribution in [0, 0.1) is 0 Å². The van der Waals surface area contributed by atoms with Crippen LogP contribution < -0.4 is 0 Å². The number of hydrogen-bond acceptors (Lipinski definition) is 2. The Kier molecular flexibility index (Phi) is 3.59. The minimum Gasteiger partial charge on any atom is -0.302 e. The number of carbonyl (C=O) groups excluding carboxylic acids is 1. The van der Waals surface area contributed by atoms with Crippen LogP contribution in [0.1, 0.15) is 29.5 Å². The number of benzene rings is 1. The van der Waals surface area contributed by atoms with Crippen molar-refractivity contribution in [2.45, 2.75) is 19.8 Å². The third-order valence-electron chi connectivity index (χ3n) is 2.56. The van der Waals surface area contributed by atoms with E-state index in [9.17, 15) is 4.79 Å². The number of rotatable bonds is 4. The lowest BCUT2D eigenvalue weighted by Gasteiger charge is -2.09. The Bertz CT molecular complexity index is 534. The van der Waals surface area contributed by atoms with Gasteiger partial charge in [-0.05, 0) is 24.6 Å². The van der Waals surface area contributed by atoms with E-state index >= 15 is 0 Å². The molecule has 0 saturated heterocycles. The van der Waals surface area contributed by atoms with Crippen molar-refractivity contribution in [3.05, 3.63) is 47.0 Å². The lowest BCUT2D eigenvalue weighted by Crippen LogP contribution is -2.01. The zero-order valence-corrected chi connectivity index (χ0v) is 10.3. The van der Waals surface area contributed by atoms with Crippen LogP contribution in [-0.4, -0.2) is 15.8 Å². The zero-order valence-electron chi connectivity index (χ0n) is 9.56. The van der Waals surface area contributed by atoms with Crippen molar-refractivity contribution in [1.29, 1.82) is 0 Å². The highest BCUT2D eigenvalue weighted by Crippen LogP contribution is 2.22. The number of carbonyl (C=O) groups is 1. The summed E-state index contributed by atoms with van der Waals surface area (Å²) in [5, 5.41) is 0.560. The summed E-state index contributed by atoms with van der Waals surface area (Å²) in [6.45, 7) is 2.11. The Morgan fingerprint density at radius 3 is 2.94 bits per heavy atom. The molecule has 0 unspecified atom stereocenters. The van der Waals surface area contributed by atoms with Gasteiger partial charge in [0.2, 0.25) is 0 Å². The fourth-order valence-electron chi connectivity index (χ4n) is 1.75. The predicted molar refractivity (Wildman–Crippen MR) is 68.0 cm³/mol. The normalized spacial score (nSPS) is 10.5. The molecule has 0 amide bonds. The van der Waals surface area contributed by atoms with Crippen molar-refractivity contribution in [2.75, 3.05) is 0 Å². The van der Waals surface area contributed by atoms with Crippen LogP contribution in [0.25, 0.3) is 5.69 Å². The average molecular weight is 249 g/mol. The number of aromatic nitrogens is 2. The van der Waals surface area contributed by atoms with Gasteiger partial charge in [-0.1, -0.05) is 18.5 Å². The highest BCUT2D eigenvalue weighted by molar-refractivity contribution is 6.32. The second kappa shape index (κ2) is 5.15. The maximum absolute atomic E-state index is 10.6. The Balaban J connectivity index is 2.45. The fraction of sp³-hybridized carbons (Fsp3) is 0.231. The lowest BCUT2D eigenvalue weighted by molar-refractivity contribution is 0.112. The summed E-state index contributed by atoms with van der Waals surface area (Å²) in [4.78, 5) is 14.9. The number of aryl methyl sites for hydroxylation is 1. The standard InChI is InChI=1S/C13H13ClN2O/c1-2-3-13-15-6-7-16(13)12-5-4-10(9-17)8-11(12)14/h4-9H,2-3H2,1H3. The van der Waals surface area contributed by atoms with Gasteiger partial charge in [-0.15, -0.1) is 0 Å². The van der Waals surface area contributed by atoms with Crippen molar-refractivity contribution < 1.29 is 4.79 Å². The molecule has 2 aromatic rings. The Labute approximate surface area is 105 Å². The first-order valence-corrected chi connectivity index (χ1v) is 5.91. The smallest absolute Gasteiger partial charge is 0.150 e. The van der Waals surface area contributed by atoms with E-state index in [-0.39, 0.29) is 0 Å². The summed E-state index contributed by atoms with van der Waals surface area (Å²) >= 11 is 6.16. The monoisotopic (exact) mass is 248 g/mol. The maximum Gasteiger partial charge on any atom is 0.150 e. The molecule has 1 heterocycles. The molecule has 4 heteroatoms. The first-order valence-electron chi connectivity index (χ1n) is 5.53. The van der Waals surface area contributed by atoms with Crippen molar-refractivity contribution in [3.8, 4) is 5.69 Å². The van der Waals surface area contributed by atoms with Crippen LogP contribution >= 0.6 is 11.6 Å². The van der Waals surface area contributed by atoms with Gasteiger partial charge in [-0.2, -0.15) is 0 Å². The molecule has 0 saturated carbocycles. The van der Waals surface area contributed by atoms with Crippen LogP contribution in [0.4, 0.5) is 0 Å². The molecule has 3 nitrogen and oxygen atoms in total. The number of imidazole rings is 1. The van der Waals surface area contributed by atoms with E-state index in [1.807, 2.05) is 16.8 Å². The molecule has 0 aliphatic heterocycles. The van der Waals surface area contributed by atoms with Crippen molar-refractivity contribution in [1.82, 2.24) is 9.55 Å². The van der Waals surface area contributed by atoms with Gasteiger partial charge in [0, 0.05) is 24.4 Å². The minimum absolute atomic E-state index is 0.560. The number of aldehydes is 1. The summed E-state index contributed by atoms with van der Waals surface area (Å²) in [7, 11) is 0. The molecule has 0 bridgehead atoms. The largest absolute Gasteiger partial charge is 0.302 e. The molecule has 1 aromatic heterocycles. The Morgan fingerprint density at radius 1 is 1.47 bits per heavy atom. The molecule has 88 valence electrons. The zero-order chi connectivity index (χ0) is 12.3. The molecule has 0 fully saturated rings. The van der Waals surface area contributed by atoms with Gasteiger partial charge in [0.05, 0.1) is 10.7 Å². The molecule has 1 aromatic carbocycles. The molecule has 0 spiro atoms. The first-order chi connectivity index (χ1) is 8.26. The van der Waals surface area contributed by atoms with Gasteiger partial charge in [0.25, 0.3) is 0 Å². The van der Waals surface area contributed by atoms with Crippen LogP contribution in [0.15, 0.2) is 30.6 Å². The van der Waals surface area contributed by atoms with Crippen molar-refractivity contribution in [2.24, 2.45) is 0 Å². The van der Waals surface area contributed by atoms with Crippen molar-refractivity contribution in [3.63, 3.8) is 0 Å². The van der Waals surface area contributed by atoms with E-state index in [0.717, 1.165) is 30.6 Å². The number of halogens is 1. The third-order valence-corrected chi connectivity index (χ3v) is 2.86. The van der Waals surface area contributed by atoms with Crippen LogP contribution in [0.2, 0.25) is 5.02 Å². The van der Waals surface area contributed by atoms with Crippen LogP contribution in [-0.2, 0) is 6.42 Å².